The van der Waals surface area contributed by atoms with Gasteiger partial charge in [0.25, 0.3) is 5.69 Å². The lowest BCUT2D eigenvalue weighted by Crippen LogP contribution is -2.11. The number of nitro benzene ring substituents is 1. The van der Waals surface area contributed by atoms with Crippen LogP contribution in [0.1, 0.15) is 26.3 Å². The van der Waals surface area contributed by atoms with Crippen molar-refractivity contribution in [1.82, 2.24) is 0 Å². The molecule has 0 aliphatic rings. The van der Waals surface area contributed by atoms with Gasteiger partial charge in [0.1, 0.15) is 23.0 Å². The van der Waals surface area contributed by atoms with Crippen molar-refractivity contribution in [2.45, 2.75) is 0 Å². The van der Waals surface area contributed by atoms with Crippen LogP contribution in [0.15, 0.2) is 96.1 Å². The lowest BCUT2D eigenvalue weighted by molar-refractivity contribution is -0.384. The normalized spacial score (nSPS) is 10.6. The van der Waals surface area contributed by atoms with Gasteiger partial charge in [-0.1, -0.05) is 0 Å². The topological polar surface area (TPSA) is 139 Å². The summed E-state index contributed by atoms with van der Waals surface area (Å²) in [5.41, 5.74) is 4.17. The Morgan fingerprint density at radius 2 is 1.27 bits per heavy atom. The van der Waals surface area contributed by atoms with Crippen molar-refractivity contribution in [2.75, 3.05) is 19.6 Å². The second kappa shape index (κ2) is 12.7. The molecule has 11 heteroatoms. The van der Waals surface area contributed by atoms with Gasteiger partial charge in [0.15, 0.2) is 0 Å². The standard InChI is InChI=1S/C29H23N3O8/c1-37-24-12-3-19(4-13-24)28(33)39-26-16-7-21(18-30-31-22-8-10-23(11-9-22)32(35)36)27(17-26)40-29(34)20-5-14-25(38-2)15-6-20/h3-18,31H,1-2H3/b30-18+. The number of carbonyl (C=O) groups excluding carboxylic acids is 2. The highest BCUT2D eigenvalue weighted by atomic mass is 16.6. The van der Waals surface area contributed by atoms with Crippen LogP contribution < -0.4 is 24.4 Å². The predicted octanol–water partition coefficient (Wildman–Crippen LogP) is 5.50. The fourth-order valence-electron chi connectivity index (χ4n) is 3.39. The minimum absolute atomic E-state index is 0.0537. The number of hydrazone groups is 1. The van der Waals surface area contributed by atoms with E-state index in [0.29, 0.717) is 28.3 Å². The quantitative estimate of drug-likeness (QED) is 0.0907. The van der Waals surface area contributed by atoms with Gasteiger partial charge in [-0.15, -0.1) is 0 Å². The van der Waals surface area contributed by atoms with Crippen LogP contribution in [0, 0.1) is 10.1 Å². The van der Waals surface area contributed by atoms with E-state index in [1.165, 1.54) is 56.8 Å². The molecule has 4 rings (SSSR count). The van der Waals surface area contributed by atoms with Crippen LogP contribution in [-0.2, 0) is 0 Å². The molecule has 40 heavy (non-hydrogen) atoms. The van der Waals surface area contributed by atoms with E-state index in [-0.39, 0.29) is 22.7 Å². The van der Waals surface area contributed by atoms with E-state index in [4.69, 9.17) is 18.9 Å². The van der Waals surface area contributed by atoms with Crippen LogP contribution >= 0.6 is 0 Å². The average molecular weight is 542 g/mol. The van der Waals surface area contributed by atoms with E-state index in [1.54, 1.807) is 54.6 Å². The van der Waals surface area contributed by atoms with Crippen molar-refractivity contribution in [3.05, 3.63) is 118 Å². The van der Waals surface area contributed by atoms with E-state index < -0.39 is 16.9 Å². The summed E-state index contributed by atoms with van der Waals surface area (Å²) in [5.74, 6) is 0.119. The van der Waals surface area contributed by atoms with E-state index in [2.05, 4.69) is 10.5 Å². The molecule has 0 atom stereocenters. The number of hydrogen-bond donors (Lipinski definition) is 1. The Labute approximate surface area is 228 Å². The average Bonchev–Trinajstić information content (AvgIpc) is 2.98. The number of benzene rings is 4. The van der Waals surface area contributed by atoms with Crippen LogP contribution in [0.4, 0.5) is 11.4 Å². The van der Waals surface area contributed by atoms with Gasteiger partial charge in [-0.2, -0.15) is 5.10 Å². The lowest BCUT2D eigenvalue weighted by Gasteiger charge is -2.11. The maximum Gasteiger partial charge on any atom is 0.343 e. The minimum Gasteiger partial charge on any atom is -0.497 e. The molecule has 0 heterocycles. The first-order valence-corrected chi connectivity index (χ1v) is 11.8. The third-order valence-electron chi connectivity index (χ3n) is 5.53. The van der Waals surface area contributed by atoms with Gasteiger partial charge in [0.2, 0.25) is 0 Å². The highest BCUT2D eigenvalue weighted by Gasteiger charge is 2.15. The van der Waals surface area contributed by atoms with Gasteiger partial charge in [-0.3, -0.25) is 15.5 Å². The van der Waals surface area contributed by atoms with Crippen LogP contribution in [0.3, 0.4) is 0 Å². The Morgan fingerprint density at radius 1 is 0.750 bits per heavy atom. The van der Waals surface area contributed by atoms with Gasteiger partial charge in [-0.05, 0) is 72.8 Å². The van der Waals surface area contributed by atoms with E-state index in [1.807, 2.05) is 0 Å². The summed E-state index contributed by atoms with van der Waals surface area (Å²) in [6.45, 7) is 0. The fraction of sp³-hybridized carbons (Fsp3) is 0.0690. The van der Waals surface area contributed by atoms with Crippen molar-refractivity contribution in [3.63, 3.8) is 0 Å². The molecule has 0 aromatic heterocycles. The first-order valence-electron chi connectivity index (χ1n) is 11.8. The number of rotatable bonds is 10. The molecule has 0 radical (unpaired) electrons. The zero-order valence-electron chi connectivity index (χ0n) is 21.4. The molecule has 0 aliphatic heterocycles. The molecular formula is C29H23N3O8. The minimum atomic E-state index is -0.653. The third kappa shape index (κ3) is 6.98. The van der Waals surface area contributed by atoms with Crippen LogP contribution in [0.25, 0.3) is 0 Å². The Kier molecular flexibility index (Phi) is 8.67. The number of ether oxygens (including phenoxy) is 4. The number of nitrogens with zero attached hydrogens (tertiary/aromatic N) is 2. The molecule has 0 aliphatic carbocycles. The maximum absolute atomic E-state index is 12.9. The summed E-state index contributed by atoms with van der Waals surface area (Å²) < 4.78 is 21.3. The smallest absolute Gasteiger partial charge is 0.343 e. The molecule has 0 spiro atoms. The largest absolute Gasteiger partial charge is 0.497 e. The van der Waals surface area contributed by atoms with Crippen LogP contribution in [0.2, 0.25) is 0 Å². The van der Waals surface area contributed by atoms with Gasteiger partial charge in [0.05, 0.1) is 42.2 Å². The van der Waals surface area contributed by atoms with Crippen LogP contribution in [-0.4, -0.2) is 37.3 Å². The molecule has 4 aromatic carbocycles. The molecule has 1 N–H and O–H groups in total. The summed E-state index contributed by atoms with van der Waals surface area (Å²) in [6.07, 6.45) is 1.40. The maximum atomic E-state index is 12.9. The Balaban J connectivity index is 1.56. The van der Waals surface area contributed by atoms with Gasteiger partial charge in [-0.25, -0.2) is 9.59 Å². The molecule has 0 fully saturated rings. The van der Waals surface area contributed by atoms with E-state index in [0.717, 1.165) is 0 Å². The van der Waals surface area contributed by atoms with Crippen molar-refractivity contribution < 1.29 is 33.5 Å². The number of carbonyl (C=O) groups is 2. The summed E-state index contributed by atoms with van der Waals surface area (Å²) in [4.78, 5) is 35.9. The second-order valence-corrected chi connectivity index (χ2v) is 8.11. The van der Waals surface area contributed by atoms with Gasteiger partial charge < -0.3 is 18.9 Å². The Hall–Kier alpha value is -5.71. The first-order chi connectivity index (χ1) is 19.4. The number of nitrogens with one attached hydrogen (secondary N) is 1. The summed E-state index contributed by atoms with van der Waals surface area (Å²) in [6, 6.07) is 22.9. The number of esters is 2. The van der Waals surface area contributed by atoms with Crippen molar-refractivity contribution >= 4 is 29.5 Å². The molecule has 4 aromatic rings. The summed E-state index contributed by atoms with van der Waals surface area (Å²) in [7, 11) is 3.04. The van der Waals surface area contributed by atoms with Gasteiger partial charge >= 0.3 is 11.9 Å². The molecule has 0 bridgehead atoms. The molecule has 0 unspecified atom stereocenters. The molecule has 0 amide bonds. The molecule has 0 saturated carbocycles. The predicted molar refractivity (Wildman–Crippen MR) is 147 cm³/mol. The van der Waals surface area contributed by atoms with Crippen molar-refractivity contribution in [2.24, 2.45) is 5.10 Å². The Bertz CT molecular complexity index is 1530. The SMILES string of the molecule is COc1ccc(C(=O)Oc2ccc(/C=N/Nc3ccc([N+](=O)[O-])cc3)c(OC(=O)c3ccc(OC)cc3)c2)cc1. The second-order valence-electron chi connectivity index (χ2n) is 8.11. The summed E-state index contributed by atoms with van der Waals surface area (Å²) in [5, 5.41) is 15.0. The zero-order valence-corrected chi connectivity index (χ0v) is 21.4. The van der Waals surface area contributed by atoms with Gasteiger partial charge in [0, 0.05) is 23.8 Å². The zero-order chi connectivity index (χ0) is 28.5. The van der Waals surface area contributed by atoms with E-state index >= 15 is 0 Å². The first kappa shape index (κ1) is 27.3. The highest BCUT2D eigenvalue weighted by molar-refractivity contribution is 5.94. The molecule has 11 nitrogen and oxygen atoms in total. The third-order valence-corrected chi connectivity index (χ3v) is 5.53. The number of non-ortho nitro benzene ring substituents is 1. The fourth-order valence-corrected chi connectivity index (χ4v) is 3.39. The lowest BCUT2D eigenvalue weighted by atomic mass is 10.2. The number of hydrogen-bond acceptors (Lipinski definition) is 10. The molecular weight excluding hydrogens is 518 g/mol. The molecule has 0 saturated heterocycles. The van der Waals surface area contributed by atoms with Crippen molar-refractivity contribution in [3.8, 4) is 23.0 Å². The number of nitro groups is 1. The Morgan fingerprint density at radius 3 is 1.80 bits per heavy atom. The number of anilines is 1. The van der Waals surface area contributed by atoms with E-state index in [9.17, 15) is 19.7 Å². The van der Waals surface area contributed by atoms with Crippen molar-refractivity contribution in [1.29, 1.82) is 0 Å². The molecule has 202 valence electrons. The monoisotopic (exact) mass is 541 g/mol. The summed E-state index contributed by atoms with van der Waals surface area (Å²) >= 11 is 0. The number of methoxy groups -OCH3 is 2. The highest BCUT2D eigenvalue weighted by Crippen LogP contribution is 2.26. The van der Waals surface area contributed by atoms with Crippen LogP contribution in [0.5, 0.6) is 23.0 Å².